The highest BCUT2D eigenvalue weighted by atomic mass is 32.2. The van der Waals surface area contributed by atoms with E-state index in [0.29, 0.717) is 12.3 Å². The molecule has 0 aliphatic carbocycles. The Bertz CT molecular complexity index is 374. The largest absolute Gasteiger partial charge is 0.330 e. The van der Waals surface area contributed by atoms with Crippen molar-refractivity contribution in [2.24, 2.45) is 11.1 Å². The van der Waals surface area contributed by atoms with Crippen molar-refractivity contribution in [1.82, 2.24) is 0 Å². The molecule has 1 rings (SSSR count). The lowest BCUT2D eigenvalue weighted by atomic mass is 9.91. The van der Waals surface area contributed by atoms with E-state index >= 15 is 0 Å². The van der Waals surface area contributed by atoms with Gasteiger partial charge in [-0.2, -0.15) is 0 Å². The summed E-state index contributed by atoms with van der Waals surface area (Å²) >= 11 is 0. The summed E-state index contributed by atoms with van der Waals surface area (Å²) in [5.41, 5.74) is 6.85. The third-order valence-corrected chi connectivity index (χ3v) is 4.38. The van der Waals surface area contributed by atoms with Crippen LogP contribution < -0.4 is 5.73 Å². The quantitative estimate of drug-likeness (QED) is 0.858. The molecule has 0 heterocycles. The molecule has 0 saturated carbocycles. The van der Waals surface area contributed by atoms with Gasteiger partial charge in [-0.05, 0) is 36.9 Å². The standard InChI is InChI=1S/C13H21NOS/c1-11-6-4-5-7-12(11)16(15)9-8-13(2,3)10-14/h4-7H,8-10,14H2,1-3H3. The van der Waals surface area contributed by atoms with E-state index in [2.05, 4.69) is 13.8 Å². The fraction of sp³-hybridized carbons (Fsp3) is 0.538. The van der Waals surface area contributed by atoms with E-state index in [4.69, 9.17) is 5.73 Å². The van der Waals surface area contributed by atoms with Crippen LogP contribution in [0.5, 0.6) is 0 Å². The summed E-state index contributed by atoms with van der Waals surface area (Å²) in [7, 11) is -0.899. The van der Waals surface area contributed by atoms with Gasteiger partial charge in [0.15, 0.2) is 0 Å². The van der Waals surface area contributed by atoms with E-state index in [1.165, 1.54) is 0 Å². The SMILES string of the molecule is Cc1ccccc1S(=O)CCC(C)(C)CN. The van der Waals surface area contributed by atoms with Crippen molar-refractivity contribution < 1.29 is 4.21 Å². The molecular weight excluding hydrogens is 218 g/mol. The molecule has 0 fully saturated rings. The molecule has 1 aromatic rings. The molecular formula is C13H21NOS. The predicted molar refractivity (Wildman–Crippen MR) is 69.9 cm³/mol. The van der Waals surface area contributed by atoms with Crippen LogP contribution in [0.25, 0.3) is 0 Å². The summed E-state index contributed by atoms with van der Waals surface area (Å²) in [6.07, 6.45) is 0.893. The summed E-state index contributed by atoms with van der Waals surface area (Å²) < 4.78 is 12.1. The molecule has 0 radical (unpaired) electrons. The zero-order valence-corrected chi connectivity index (χ0v) is 11.1. The zero-order chi connectivity index (χ0) is 12.2. The molecule has 0 bridgehead atoms. The van der Waals surface area contributed by atoms with Crippen LogP contribution >= 0.6 is 0 Å². The minimum absolute atomic E-state index is 0.0817. The highest BCUT2D eigenvalue weighted by molar-refractivity contribution is 7.85. The van der Waals surface area contributed by atoms with Gasteiger partial charge in [0.2, 0.25) is 0 Å². The van der Waals surface area contributed by atoms with Crippen molar-refractivity contribution in [1.29, 1.82) is 0 Å². The van der Waals surface area contributed by atoms with Gasteiger partial charge in [0.05, 0.1) is 10.8 Å². The van der Waals surface area contributed by atoms with Crippen LogP contribution in [0.4, 0.5) is 0 Å². The first-order valence-electron chi connectivity index (χ1n) is 5.60. The average molecular weight is 239 g/mol. The van der Waals surface area contributed by atoms with Crippen molar-refractivity contribution >= 4 is 10.8 Å². The number of hydrogen-bond acceptors (Lipinski definition) is 2. The Morgan fingerprint density at radius 2 is 1.94 bits per heavy atom. The van der Waals surface area contributed by atoms with Gasteiger partial charge in [0.1, 0.15) is 0 Å². The maximum absolute atomic E-state index is 12.1. The van der Waals surface area contributed by atoms with Crippen molar-refractivity contribution in [2.45, 2.75) is 32.1 Å². The summed E-state index contributed by atoms with van der Waals surface area (Å²) in [5, 5.41) is 0. The average Bonchev–Trinajstić information content (AvgIpc) is 2.27. The van der Waals surface area contributed by atoms with Crippen molar-refractivity contribution in [2.75, 3.05) is 12.3 Å². The molecule has 0 aliphatic rings. The van der Waals surface area contributed by atoms with Crippen molar-refractivity contribution in [3.8, 4) is 0 Å². The van der Waals surface area contributed by atoms with Crippen molar-refractivity contribution in [3.05, 3.63) is 29.8 Å². The molecule has 0 aliphatic heterocycles. The van der Waals surface area contributed by atoms with E-state index in [-0.39, 0.29) is 5.41 Å². The van der Waals surface area contributed by atoms with Gasteiger partial charge in [-0.15, -0.1) is 0 Å². The van der Waals surface area contributed by atoms with Crippen LogP contribution in [-0.4, -0.2) is 16.5 Å². The van der Waals surface area contributed by atoms with Crippen LogP contribution in [0.1, 0.15) is 25.8 Å². The molecule has 0 amide bonds. The van der Waals surface area contributed by atoms with Crippen molar-refractivity contribution in [3.63, 3.8) is 0 Å². The first-order valence-corrected chi connectivity index (χ1v) is 6.92. The van der Waals surface area contributed by atoms with E-state index in [0.717, 1.165) is 16.9 Å². The fourth-order valence-electron chi connectivity index (χ4n) is 1.39. The Labute approximate surface area is 101 Å². The first kappa shape index (κ1) is 13.4. The van der Waals surface area contributed by atoms with Gasteiger partial charge in [-0.1, -0.05) is 32.0 Å². The van der Waals surface area contributed by atoms with E-state index in [1.807, 2.05) is 31.2 Å². The third kappa shape index (κ3) is 3.72. The van der Waals surface area contributed by atoms with Gasteiger partial charge < -0.3 is 5.73 Å². The number of benzene rings is 1. The molecule has 90 valence electrons. The van der Waals surface area contributed by atoms with Gasteiger partial charge >= 0.3 is 0 Å². The fourth-order valence-corrected chi connectivity index (χ4v) is 3.01. The topological polar surface area (TPSA) is 43.1 Å². The zero-order valence-electron chi connectivity index (χ0n) is 10.3. The van der Waals surface area contributed by atoms with Gasteiger partial charge in [-0.3, -0.25) is 4.21 Å². The smallest absolute Gasteiger partial charge is 0.0532 e. The second kappa shape index (κ2) is 5.60. The number of nitrogens with two attached hydrogens (primary N) is 1. The molecule has 0 aromatic heterocycles. The lowest BCUT2D eigenvalue weighted by molar-refractivity contribution is 0.367. The highest BCUT2D eigenvalue weighted by Crippen LogP contribution is 2.21. The third-order valence-electron chi connectivity index (χ3n) is 2.86. The second-order valence-corrected chi connectivity index (χ2v) is 6.47. The lowest BCUT2D eigenvalue weighted by Crippen LogP contribution is -2.25. The normalized spacial score (nSPS) is 13.8. The van der Waals surface area contributed by atoms with Crippen LogP contribution in [-0.2, 0) is 10.8 Å². The maximum atomic E-state index is 12.1. The predicted octanol–water partition coefficient (Wildman–Crippen LogP) is 2.48. The molecule has 2 N–H and O–H groups in total. The molecule has 16 heavy (non-hydrogen) atoms. The molecule has 1 unspecified atom stereocenters. The summed E-state index contributed by atoms with van der Waals surface area (Å²) in [6.45, 7) is 6.86. The Morgan fingerprint density at radius 3 is 2.50 bits per heavy atom. The van der Waals surface area contributed by atoms with Gasteiger partial charge in [0.25, 0.3) is 0 Å². The molecule has 2 nitrogen and oxygen atoms in total. The molecule has 1 aromatic carbocycles. The number of hydrogen-bond donors (Lipinski definition) is 1. The monoisotopic (exact) mass is 239 g/mol. The maximum Gasteiger partial charge on any atom is 0.0532 e. The van der Waals surface area contributed by atoms with E-state index < -0.39 is 10.8 Å². The highest BCUT2D eigenvalue weighted by Gasteiger charge is 2.17. The molecule has 3 heteroatoms. The summed E-state index contributed by atoms with van der Waals surface area (Å²) in [4.78, 5) is 0.954. The number of rotatable bonds is 5. The van der Waals surface area contributed by atoms with E-state index in [1.54, 1.807) is 0 Å². The lowest BCUT2D eigenvalue weighted by Gasteiger charge is -2.21. The second-order valence-electron chi connectivity index (χ2n) is 4.93. The summed E-state index contributed by atoms with van der Waals surface area (Å²) in [6, 6.07) is 7.86. The Hall–Kier alpha value is -0.670. The van der Waals surface area contributed by atoms with Crippen LogP contribution in [0.3, 0.4) is 0 Å². The molecule has 1 atom stereocenters. The molecule has 0 saturated heterocycles. The Kier molecular flexibility index (Phi) is 4.69. The summed E-state index contributed by atoms with van der Waals surface area (Å²) in [5.74, 6) is 0.690. The number of aryl methyl sites for hydroxylation is 1. The minimum Gasteiger partial charge on any atom is -0.330 e. The minimum atomic E-state index is -0.899. The van der Waals surface area contributed by atoms with Crippen LogP contribution in [0.2, 0.25) is 0 Å². The first-order chi connectivity index (χ1) is 7.46. The van der Waals surface area contributed by atoms with Gasteiger partial charge in [0, 0.05) is 10.6 Å². The molecule has 0 spiro atoms. The Morgan fingerprint density at radius 1 is 1.31 bits per heavy atom. The Balaban J connectivity index is 2.64. The van der Waals surface area contributed by atoms with Crippen LogP contribution in [0, 0.1) is 12.3 Å². The van der Waals surface area contributed by atoms with Crippen LogP contribution in [0.15, 0.2) is 29.2 Å². The van der Waals surface area contributed by atoms with Gasteiger partial charge in [-0.25, -0.2) is 0 Å². The van der Waals surface area contributed by atoms with E-state index in [9.17, 15) is 4.21 Å².